The molecule has 0 spiro atoms. The van der Waals surface area contributed by atoms with Crippen molar-refractivity contribution in [3.8, 4) is 0 Å². The van der Waals surface area contributed by atoms with Crippen molar-refractivity contribution in [1.29, 1.82) is 0 Å². The van der Waals surface area contributed by atoms with Crippen LogP contribution in [-0.2, 0) is 0 Å². The largest absolute Gasteiger partial charge is 0.257 e. The van der Waals surface area contributed by atoms with Gasteiger partial charge in [0.1, 0.15) is 0 Å². The number of hydrogen-bond donors (Lipinski definition) is 0. The van der Waals surface area contributed by atoms with Crippen molar-refractivity contribution in [2.24, 2.45) is 5.10 Å². The SMILES string of the molecule is Cc1ccc(N2N=C(c3ccccc3)CC2c2ccc(Br)cc2)cc1Cl. The van der Waals surface area contributed by atoms with E-state index in [-0.39, 0.29) is 6.04 Å². The summed E-state index contributed by atoms with van der Waals surface area (Å²) in [6.07, 6.45) is 0.858. The Hall–Kier alpha value is -2.10. The molecule has 0 radical (unpaired) electrons. The van der Waals surface area contributed by atoms with Gasteiger partial charge in [-0.15, -0.1) is 0 Å². The van der Waals surface area contributed by atoms with Crippen LogP contribution >= 0.6 is 27.5 Å². The van der Waals surface area contributed by atoms with Crippen LogP contribution < -0.4 is 5.01 Å². The maximum Gasteiger partial charge on any atom is 0.0831 e. The van der Waals surface area contributed by atoms with Gasteiger partial charge >= 0.3 is 0 Å². The molecule has 0 saturated heterocycles. The predicted octanol–water partition coefficient (Wildman–Crippen LogP) is 6.77. The zero-order valence-corrected chi connectivity index (χ0v) is 16.7. The van der Waals surface area contributed by atoms with Crippen LogP contribution in [0.5, 0.6) is 0 Å². The highest BCUT2D eigenvalue weighted by Crippen LogP contribution is 2.38. The Morgan fingerprint density at radius 2 is 1.73 bits per heavy atom. The summed E-state index contributed by atoms with van der Waals surface area (Å²) in [4.78, 5) is 0. The lowest BCUT2D eigenvalue weighted by Crippen LogP contribution is -2.18. The predicted molar refractivity (Wildman–Crippen MR) is 113 cm³/mol. The summed E-state index contributed by atoms with van der Waals surface area (Å²) in [6.45, 7) is 2.01. The Balaban J connectivity index is 1.77. The van der Waals surface area contributed by atoms with Crippen molar-refractivity contribution in [2.45, 2.75) is 19.4 Å². The highest BCUT2D eigenvalue weighted by Gasteiger charge is 2.30. The van der Waals surface area contributed by atoms with E-state index in [1.54, 1.807) is 0 Å². The topological polar surface area (TPSA) is 15.6 Å². The maximum absolute atomic E-state index is 6.38. The van der Waals surface area contributed by atoms with E-state index in [1.165, 1.54) is 5.56 Å². The third-order valence-electron chi connectivity index (χ3n) is 4.69. The number of anilines is 1. The van der Waals surface area contributed by atoms with Crippen LogP contribution in [0.2, 0.25) is 5.02 Å². The molecule has 0 saturated carbocycles. The number of nitrogens with zero attached hydrogens (tertiary/aromatic N) is 2. The van der Waals surface area contributed by atoms with E-state index in [0.717, 1.165) is 38.4 Å². The molecule has 0 bridgehead atoms. The Morgan fingerprint density at radius 3 is 2.42 bits per heavy atom. The number of hydrogen-bond acceptors (Lipinski definition) is 2. The zero-order valence-electron chi connectivity index (χ0n) is 14.4. The molecule has 3 aromatic rings. The van der Waals surface area contributed by atoms with Crippen molar-refractivity contribution in [2.75, 3.05) is 5.01 Å². The maximum atomic E-state index is 6.38. The van der Waals surface area contributed by atoms with Crippen molar-refractivity contribution >= 4 is 38.9 Å². The number of aryl methyl sites for hydroxylation is 1. The van der Waals surface area contributed by atoms with Gasteiger partial charge in [0, 0.05) is 15.9 Å². The summed E-state index contributed by atoms with van der Waals surface area (Å²) in [5.41, 5.74) is 5.58. The van der Waals surface area contributed by atoms with Crippen LogP contribution in [0.25, 0.3) is 0 Å². The fraction of sp³-hybridized carbons (Fsp3) is 0.136. The first kappa shape index (κ1) is 17.3. The number of halogens is 2. The second-order valence-electron chi connectivity index (χ2n) is 6.46. The quantitative estimate of drug-likeness (QED) is 0.452. The van der Waals surface area contributed by atoms with Crippen molar-refractivity contribution in [1.82, 2.24) is 0 Å². The molecule has 1 unspecified atom stereocenters. The summed E-state index contributed by atoms with van der Waals surface area (Å²) >= 11 is 9.90. The van der Waals surface area contributed by atoms with E-state index < -0.39 is 0 Å². The fourth-order valence-corrected chi connectivity index (χ4v) is 3.66. The lowest BCUT2D eigenvalue weighted by molar-refractivity contribution is 0.709. The Kier molecular flexibility index (Phi) is 4.84. The van der Waals surface area contributed by atoms with Gasteiger partial charge in [-0.1, -0.05) is 76.1 Å². The fourth-order valence-electron chi connectivity index (χ4n) is 3.22. The summed E-state index contributed by atoms with van der Waals surface area (Å²) in [6, 6.07) is 25.1. The third kappa shape index (κ3) is 3.42. The number of hydrazone groups is 1. The lowest BCUT2D eigenvalue weighted by Gasteiger charge is -2.24. The Labute approximate surface area is 167 Å². The Morgan fingerprint density at radius 1 is 1.00 bits per heavy atom. The van der Waals surface area contributed by atoms with E-state index in [1.807, 2.05) is 25.1 Å². The molecule has 0 amide bonds. The van der Waals surface area contributed by atoms with E-state index in [2.05, 4.69) is 75.5 Å². The van der Waals surface area contributed by atoms with Gasteiger partial charge < -0.3 is 0 Å². The third-order valence-corrected chi connectivity index (χ3v) is 5.63. The molecule has 1 aliphatic heterocycles. The van der Waals surface area contributed by atoms with Gasteiger partial charge in [-0.3, -0.25) is 5.01 Å². The van der Waals surface area contributed by atoms with Gasteiger partial charge in [-0.2, -0.15) is 5.10 Å². The number of rotatable bonds is 3. The standard InChI is InChI=1S/C22H18BrClN2/c1-15-7-12-19(13-20(15)24)26-22(17-8-10-18(23)11-9-17)14-21(25-26)16-5-3-2-4-6-16/h2-13,22H,14H2,1H3. The first-order valence-corrected chi connectivity index (χ1v) is 9.72. The molecule has 130 valence electrons. The Bertz CT molecular complexity index is 952. The second kappa shape index (κ2) is 7.26. The second-order valence-corrected chi connectivity index (χ2v) is 7.79. The highest BCUT2D eigenvalue weighted by atomic mass is 79.9. The lowest BCUT2D eigenvalue weighted by atomic mass is 9.98. The van der Waals surface area contributed by atoms with Crippen LogP contribution in [0.15, 0.2) is 82.4 Å². The molecule has 1 atom stereocenters. The van der Waals surface area contributed by atoms with Crippen LogP contribution in [0.1, 0.15) is 29.2 Å². The van der Waals surface area contributed by atoms with Gasteiger partial charge in [-0.25, -0.2) is 0 Å². The molecule has 1 aliphatic rings. The summed E-state index contributed by atoms with van der Waals surface area (Å²) in [5, 5.41) is 7.82. The van der Waals surface area contributed by atoms with Gasteiger partial charge in [-0.05, 0) is 47.9 Å². The van der Waals surface area contributed by atoms with Gasteiger partial charge in [0.2, 0.25) is 0 Å². The molecule has 26 heavy (non-hydrogen) atoms. The minimum Gasteiger partial charge on any atom is -0.257 e. The van der Waals surface area contributed by atoms with Gasteiger partial charge in [0.25, 0.3) is 0 Å². The molecular formula is C22H18BrClN2. The molecule has 2 nitrogen and oxygen atoms in total. The average Bonchev–Trinajstić information content (AvgIpc) is 3.11. The molecule has 4 heteroatoms. The smallest absolute Gasteiger partial charge is 0.0831 e. The van der Waals surface area contributed by atoms with E-state index in [9.17, 15) is 0 Å². The van der Waals surface area contributed by atoms with Crippen molar-refractivity contribution in [3.05, 3.63) is 99.0 Å². The molecule has 0 N–H and O–H groups in total. The van der Waals surface area contributed by atoms with E-state index >= 15 is 0 Å². The van der Waals surface area contributed by atoms with E-state index in [0.29, 0.717) is 0 Å². The normalized spacial score (nSPS) is 16.7. The minimum absolute atomic E-state index is 0.150. The van der Waals surface area contributed by atoms with Crippen LogP contribution in [-0.4, -0.2) is 5.71 Å². The molecule has 0 fully saturated rings. The summed E-state index contributed by atoms with van der Waals surface area (Å²) in [7, 11) is 0. The van der Waals surface area contributed by atoms with Crippen LogP contribution in [0, 0.1) is 6.92 Å². The molecule has 1 heterocycles. The average molecular weight is 426 g/mol. The van der Waals surface area contributed by atoms with Crippen molar-refractivity contribution in [3.63, 3.8) is 0 Å². The van der Waals surface area contributed by atoms with Crippen molar-refractivity contribution < 1.29 is 0 Å². The first-order chi connectivity index (χ1) is 12.6. The highest BCUT2D eigenvalue weighted by molar-refractivity contribution is 9.10. The van der Waals surface area contributed by atoms with Crippen LogP contribution in [0.3, 0.4) is 0 Å². The van der Waals surface area contributed by atoms with Crippen LogP contribution in [0.4, 0.5) is 5.69 Å². The molecule has 0 aliphatic carbocycles. The monoisotopic (exact) mass is 424 g/mol. The zero-order chi connectivity index (χ0) is 18.1. The summed E-state index contributed by atoms with van der Waals surface area (Å²) in [5.74, 6) is 0. The summed E-state index contributed by atoms with van der Waals surface area (Å²) < 4.78 is 1.08. The molecule has 4 rings (SSSR count). The minimum atomic E-state index is 0.150. The molecule has 0 aromatic heterocycles. The number of benzene rings is 3. The molecular weight excluding hydrogens is 408 g/mol. The van der Waals surface area contributed by atoms with Gasteiger partial charge in [0.15, 0.2) is 0 Å². The van der Waals surface area contributed by atoms with E-state index in [4.69, 9.17) is 16.7 Å². The van der Waals surface area contributed by atoms with Gasteiger partial charge in [0.05, 0.1) is 17.4 Å². The first-order valence-electron chi connectivity index (χ1n) is 8.55. The molecule has 3 aromatic carbocycles.